The Kier molecular flexibility index (Phi) is 4.63. The molecule has 2 N–H and O–H groups in total. The van der Waals surface area contributed by atoms with E-state index in [-0.39, 0.29) is 0 Å². The molecule has 1 aromatic rings. The van der Waals surface area contributed by atoms with Crippen LogP contribution in [0.4, 0.5) is 0 Å². The van der Waals surface area contributed by atoms with Crippen molar-refractivity contribution >= 4 is 0 Å². The first-order valence-electron chi connectivity index (χ1n) is 8.42. The number of likely N-dealkylation sites (N-methyl/N-ethyl adjacent to an activating group) is 1. The summed E-state index contributed by atoms with van der Waals surface area (Å²) in [5.74, 6) is 0. The second-order valence-electron chi connectivity index (χ2n) is 6.93. The average Bonchev–Trinajstić information content (AvgIpc) is 2.47. The van der Waals surface area contributed by atoms with Gasteiger partial charge in [-0.2, -0.15) is 0 Å². The van der Waals surface area contributed by atoms with E-state index in [0.29, 0.717) is 5.41 Å². The highest BCUT2D eigenvalue weighted by molar-refractivity contribution is 5.31. The lowest BCUT2D eigenvalue weighted by molar-refractivity contribution is 0.155. The quantitative estimate of drug-likeness (QED) is 0.897. The molecule has 1 saturated heterocycles. The van der Waals surface area contributed by atoms with E-state index < -0.39 is 0 Å². The Balaban J connectivity index is 1.53. The summed E-state index contributed by atoms with van der Waals surface area (Å²) in [6.07, 6.45) is 5.04. The minimum absolute atomic E-state index is 0.302. The van der Waals surface area contributed by atoms with Gasteiger partial charge >= 0.3 is 0 Å². The third kappa shape index (κ3) is 3.31. The summed E-state index contributed by atoms with van der Waals surface area (Å²) in [6.45, 7) is 6.83. The maximum Gasteiger partial charge on any atom is 0.0110 e. The molecule has 0 unspecified atom stereocenters. The minimum Gasteiger partial charge on any atom is -0.330 e. The Hall–Kier alpha value is -0.900. The van der Waals surface area contributed by atoms with E-state index in [4.69, 9.17) is 5.73 Å². The second kappa shape index (κ2) is 6.47. The van der Waals surface area contributed by atoms with Crippen molar-refractivity contribution in [3.8, 4) is 0 Å². The van der Waals surface area contributed by atoms with Gasteiger partial charge < -0.3 is 15.5 Å². The van der Waals surface area contributed by atoms with Gasteiger partial charge in [0.15, 0.2) is 0 Å². The molecule has 0 aromatic heterocycles. The monoisotopic (exact) mass is 287 g/mol. The lowest BCUT2D eigenvalue weighted by Gasteiger charge is -2.41. The summed E-state index contributed by atoms with van der Waals surface area (Å²) in [7, 11) is 2.21. The highest BCUT2D eigenvalue weighted by Crippen LogP contribution is 2.42. The highest BCUT2D eigenvalue weighted by Gasteiger charge is 2.36. The molecule has 0 bridgehead atoms. The Labute approximate surface area is 129 Å². The lowest BCUT2D eigenvalue weighted by atomic mass is 9.64. The number of nitrogens with zero attached hydrogens (tertiary/aromatic N) is 2. The molecule has 3 nitrogen and oxygen atoms in total. The predicted octanol–water partition coefficient (Wildman–Crippen LogP) is 1.86. The average molecular weight is 287 g/mol. The molecule has 0 atom stereocenters. The van der Waals surface area contributed by atoms with Crippen LogP contribution in [0.1, 0.15) is 30.4 Å². The summed E-state index contributed by atoms with van der Waals surface area (Å²) < 4.78 is 0. The predicted molar refractivity (Wildman–Crippen MR) is 88.7 cm³/mol. The smallest absolute Gasteiger partial charge is 0.0110 e. The molecule has 1 aromatic carbocycles. The van der Waals surface area contributed by atoms with Crippen molar-refractivity contribution in [1.82, 2.24) is 9.80 Å². The van der Waals surface area contributed by atoms with Crippen molar-refractivity contribution in [3.63, 3.8) is 0 Å². The van der Waals surface area contributed by atoms with Gasteiger partial charge in [-0.05, 0) is 37.4 Å². The number of rotatable bonds is 5. The Bertz CT molecular complexity index is 437. The molecule has 116 valence electrons. The van der Waals surface area contributed by atoms with Gasteiger partial charge in [0.2, 0.25) is 0 Å². The van der Waals surface area contributed by atoms with Crippen molar-refractivity contribution in [2.24, 2.45) is 5.73 Å². The molecule has 0 radical (unpaired) electrons. The van der Waals surface area contributed by atoms with E-state index in [1.165, 1.54) is 69.5 Å². The Morgan fingerprint density at radius 1 is 1.05 bits per heavy atom. The van der Waals surface area contributed by atoms with E-state index in [1.807, 2.05) is 0 Å². The number of piperazine rings is 1. The Morgan fingerprint density at radius 2 is 1.71 bits per heavy atom. The molecule has 2 aliphatic rings. The number of hydrogen-bond donors (Lipinski definition) is 1. The van der Waals surface area contributed by atoms with Gasteiger partial charge in [-0.1, -0.05) is 30.7 Å². The normalized spacial score (nSPS) is 23.0. The van der Waals surface area contributed by atoms with Crippen LogP contribution in [0.3, 0.4) is 0 Å². The van der Waals surface area contributed by atoms with Gasteiger partial charge in [-0.15, -0.1) is 0 Å². The maximum atomic E-state index is 6.00. The van der Waals surface area contributed by atoms with Gasteiger partial charge in [-0.25, -0.2) is 0 Å². The van der Waals surface area contributed by atoms with E-state index in [1.54, 1.807) is 0 Å². The van der Waals surface area contributed by atoms with Gasteiger partial charge in [0.25, 0.3) is 0 Å². The van der Waals surface area contributed by atoms with Crippen molar-refractivity contribution in [1.29, 1.82) is 0 Å². The number of hydrogen-bond acceptors (Lipinski definition) is 3. The molecule has 3 heteroatoms. The van der Waals surface area contributed by atoms with Gasteiger partial charge in [0, 0.05) is 44.7 Å². The molecule has 1 aliphatic carbocycles. The SMILES string of the molecule is CN1CCN(CCc2ccc(C3(CN)CCC3)cc2)CC1. The third-order valence-corrected chi connectivity index (χ3v) is 5.58. The lowest BCUT2D eigenvalue weighted by Crippen LogP contribution is -2.45. The fourth-order valence-electron chi connectivity index (χ4n) is 3.60. The molecule has 3 rings (SSSR count). The largest absolute Gasteiger partial charge is 0.330 e. The van der Waals surface area contributed by atoms with Crippen LogP contribution in [0.25, 0.3) is 0 Å². The van der Waals surface area contributed by atoms with E-state index in [2.05, 4.69) is 41.1 Å². The molecule has 2 fully saturated rings. The minimum atomic E-state index is 0.302. The zero-order chi connectivity index (χ0) is 14.7. The summed E-state index contributed by atoms with van der Waals surface area (Å²) in [6, 6.07) is 9.29. The highest BCUT2D eigenvalue weighted by atomic mass is 15.2. The molecular weight excluding hydrogens is 258 g/mol. The van der Waals surface area contributed by atoms with Crippen molar-refractivity contribution in [2.75, 3.05) is 46.3 Å². The van der Waals surface area contributed by atoms with E-state index in [0.717, 1.165) is 6.54 Å². The van der Waals surface area contributed by atoms with Crippen molar-refractivity contribution in [3.05, 3.63) is 35.4 Å². The van der Waals surface area contributed by atoms with Crippen molar-refractivity contribution in [2.45, 2.75) is 31.1 Å². The summed E-state index contributed by atoms with van der Waals surface area (Å²) in [5, 5.41) is 0. The molecular formula is C18H29N3. The zero-order valence-electron chi connectivity index (χ0n) is 13.4. The second-order valence-corrected chi connectivity index (χ2v) is 6.93. The maximum absolute atomic E-state index is 6.00. The fraction of sp³-hybridized carbons (Fsp3) is 0.667. The van der Waals surface area contributed by atoms with Crippen LogP contribution in [0, 0.1) is 0 Å². The first kappa shape index (κ1) is 15.0. The zero-order valence-corrected chi connectivity index (χ0v) is 13.4. The molecule has 21 heavy (non-hydrogen) atoms. The Morgan fingerprint density at radius 3 is 2.24 bits per heavy atom. The first-order chi connectivity index (χ1) is 10.2. The summed E-state index contributed by atoms with van der Waals surface area (Å²) in [5.41, 5.74) is 9.22. The molecule has 1 aliphatic heterocycles. The molecule has 1 saturated carbocycles. The van der Waals surface area contributed by atoms with Crippen LogP contribution in [0.2, 0.25) is 0 Å². The topological polar surface area (TPSA) is 32.5 Å². The van der Waals surface area contributed by atoms with Gasteiger partial charge in [0.1, 0.15) is 0 Å². The third-order valence-electron chi connectivity index (χ3n) is 5.58. The van der Waals surface area contributed by atoms with Crippen LogP contribution in [-0.2, 0) is 11.8 Å². The van der Waals surface area contributed by atoms with E-state index in [9.17, 15) is 0 Å². The van der Waals surface area contributed by atoms with Crippen LogP contribution >= 0.6 is 0 Å². The molecule has 0 amide bonds. The number of nitrogens with two attached hydrogens (primary N) is 1. The molecule has 0 spiro atoms. The fourth-order valence-corrected chi connectivity index (χ4v) is 3.60. The standard InChI is InChI=1S/C18H29N3/c1-20-11-13-21(14-12-20)10-7-16-3-5-17(6-4-16)18(15-19)8-2-9-18/h3-6H,2,7-15,19H2,1H3. The first-order valence-corrected chi connectivity index (χ1v) is 8.42. The van der Waals surface area contributed by atoms with Crippen LogP contribution in [-0.4, -0.2) is 56.1 Å². The van der Waals surface area contributed by atoms with E-state index >= 15 is 0 Å². The van der Waals surface area contributed by atoms with Gasteiger partial charge in [0.05, 0.1) is 0 Å². The van der Waals surface area contributed by atoms with Crippen LogP contribution in [0.15, 0.2) is 24.3 Å². The van der Waals surface area contributed by atoms with Crippen molar-refractivity contribution < 1.29 is 0 Å². The van der Waals surface area contributed by atoms with Crippen LogP contribution < -0.4 is 5.73 Å². The summed E-state index contributed by atoms with van der Waals surface area (Å²) in [4.78, 5) is 5.00. The van der Waals surface area contributed by atoms with Gasteiger partial charge in [-0.3, -0.25) is 0 Å². The molecule has 1 heterocycles. The number of benzene rings is 1. The van der Waals surface area contributed by atoms with Crippen LogP contribution in [0.5, 0.6) is 0 Å². The summed E-state index contributed by atoms with van der Waals surface area (Å²) >= 11 is 0.